The third-order valence-corrected chi connectivity index (χ3v) is 9.11. The standard InChI is InChI=1S/C29H32BrN3O4S/c1-22(29(35)31-25-12-8-9-13-25)32(20-23-10-4-2-5-11-23)28(34)21-33(26-18-16-24(30)17-19-26)38(36,37)27-14-6-3-7-15-27/h2-7,10-11,14-19,22,25H,8-9,12-13,20-21H2,1H3,(H,31,35)/t22-/m0/s1. The van der Waals surface area contributed by atoms with Crippen molar-refractivity contribution < 1.29 is 18.0 Å². The van der Waals surface area contributed by atoms with E-state index in [-0.39, 0.29) is 23.4 Å². The Bertz CT molecular complexity index is 1330. The van der Waals surface area contributed by atoms with Gasteiger partial charge in [0.15, 0.2) is 0 Å². The monoisotopic (exact) mass is 597 g/mol. The summed E-state index contributed by atoms with van der Waals surface area (Å²) in [6.07, 6.45) is 4.01. The average molecular weight is 599 g/mol. The zero-order chi connectivity index (χ0) is 27.1. The molecule has 0 spiro atoms. The highest BCUT2D eigenvalue weighted by Gasteiger charge is 2.33. The first-order valence-electron chi connectivity index (χ1n) is 12.7. The van der Waals surface area contributed by atoms with E-state index < -0.39 is 28.5 Å². The van der Waals surface area contributed by atoms with Crippen LogP contribution < -0.4 is 9.62 Å². The van der Waals surface area contributed by atoms with Crippen molar-refractivity contribution in [3.05, 3.63) is 95.0 Å². The van der Waals surface area contributed by atoms with Gasteiger partial charge in [-0.05, 0) is 61.7 Å². The minimum Gasteiger partial charge on any atom is -0.352 e. The molecule has 0 heterocycles. The van der Waals surface area contributed by atoms with Gasteiger partial charge in [-0.3, -0.25) is 13.9 Å². The van der Waals surface area contributed by atoms with Crippen molar-refractivity contribution in [2.45, 2.75) is 56.1 Å². The predicted molar refractivity (Wildman–Crippen MR) is 152 cm³/mol. The molecule has 0 bridgehead atoms. The zero-order valence-electron chi connectivity index (χ0n) is 21.3. The van der Waals surface area contributed by atoms with Crippen LogP contribution in [0.2, 0.25) is 0 Å². The van der Waals surface area contributed by atoms with E-state index in [4.69, 9.17) is 0 Å². The molecule has 1 fully saturated rings. The first-order chi connectivity index (χ1) is 18.3. The van der Waals surface area contributed by atoms with E-state index in [1.54, 1.807) is 49.4 Å². The van der Waals surface area contributed by atoms with Gasteiger partial charge < -0.3 is 10.2 Å². The fourth-order valence-corrected chi connectivity index (χ4v) is 6.31. The third-order valence-electron chi connectivity index (χ3n) is 6.79. The molecule has 3 aromatic carbocycles. The van der Waals surface area contributed by atoms with Gasteiger partial charge in [0.25, 0.3) is 10.0 Å². The molecule has 1 aliphatic rings. The lowest BCUT2D eigenvalue weighted by Crippen LogP contribution is -2.52. The molecule has 0 unspecified atom stereocenters. The molecule has 4 rings (SSSR count). The summed E-state index contributed by atoms with van der Waals surface area (Å²) >= 11 is 3.38. The number of carbonyl (C=O) groups is 2. The van der Waals surface area contributed by atoms with Crippen molar-refractivity contribution in [1.29, 1.82) is 0 Å². The van der Waals surface area contributed by atoms with Gasteiger partial charge in [-0.1, -0.05) is 77.3 Å². The van der Waals surface area contributed by atoms with Gasteiger partial charge in [0, 0.05) is 17.1 Å². The van der Waals surface area contributed by atoms with Gasteiger partial charge in [-0.2, -0.15) is 0 Å². The molecule has 1 atom stereocenters. The molecule has 1 N–H and O–H groups in total. The largest absolute Gasteiger partial charge is 0.352 e. The Morgan fingerprint density at radius 3 is 2.11 bits per heavy atom. The van der Waals surface area contributed by atoms with Gasteiger partial charge >= 0.3 is 0 Å². The van der Waals surface area contributed by atoms with Crippen LogP contribution in [0, 0.1) is 0 Å². The number of carbonyl (C=O) groups excluding carboxylic acids is 2. The molecule has 9 heteroatoms. The Kier molecular flexibility index (Phi) is 9.22. The van der Waals surface area contributed by atoms with Gasteiger partial charge in [0.05, 0.1) is 10.6 Å². The Balaban J connectivity index is 1.65. The lowest BCUT2D eigenvalue weighted by Gasteiger charge is -2.32. The van der Waals surface area contributed by atoms with Crippen molar-refractivity contribution in [3.63, 3.8) is 0 Å². The highest BCUT2D eigenvalue weighted by molar-refractivity contribution is 9.10. The number of anilines is 1. The number of amides is 2. The second-order valence-corrected chi connectivity index (χ2v) is 12.3. The number of nitrogens with one attached hydrogen (secondary N) is 1. The summed E-state index contributed by atoms with van der Waals surface area (Å²) in [5.74, 6) is -0.701. The number of hydrogen-bond acceptors (Lipinski definition) is 4. The van der Waals surface area contributed by atoms with E-state index in [1.165, 1.54) is 17.0 Å². The molecule has 1 aliphatic carbocycles. The highest BCUT2D eigenvalue weighted by atomic mass is 79.9. The Hall–Kier alpha value is -3.17. The van der Waals surface area contributed by atoms with E-state index in [2.05, 4.69) is 21.2 Å². The van der Waals surface area contributed by atoms with Crippen LogP contribution in [-0.4, -0.2) is 43.8 Å². The van der Waals surface area contributed by atoms with Crippen LogP contribution in [0.5, 0.6) is 0 Å². The lowest BCUT2D eigenvalue weighted by atomic mass is 10.1. The molecule has 200 valence electrons. The van der Waals surface area contributed by atoms with E-state index >= 15 is 0 Å². The second kappa shape index (κ2) is 12.6. The Morgan fingerprint density at radius 1 is 0.921 bits per heavy atom. The van der Waals surface area contributed by atoms with E-state index in [9.17, 15) is 18.0 Å². The molecule has 2 amide bonds. The molecule has 38 heavy (non-hydrogen) atoms. The summed E-state index contributed by atoms with van der Waals surface area (Å²) in [7, 11) is -4.06. The SMILES string of the molecule is C[C@@H](C(=O)NC1CCCC1)N(Cc1ccccc1)C(=O)CN(c1ccc(Br)cc1)S(=O)(=O)c1ccccc1. The topological polar surface area (TPSA) is 86.8 Å². The fraction of sp³-hybridized carbons (Fsp3) is 0.310. The van der Waals surface area contributed by atoms with E-state index in [0.29, 0.717) is 5.69 Å². The Morgan fingerprint density at radius 2 is 1.50 bits per heavy atom. The molecule has 0 saturated heterocycles. The number of benzene rings is 3. The maximum absolute atomic E-state index is 13.9. The maximum atomic E-state index is 13.9. The quantitative estimate of drug-likeness (QED) is 0.351. The molecule has 0 aliphatic heterocycles. The molecule has 0 radical (unpaired) electrons. The molecular weight excluding hydrogens is 566 g/mol. The molecule has 1 saturated carbocycles. The fourth-order valence-electron chi connectivity index (χ4n) is 4.61. The van der Waals surface area contributed by atoms with Gasteiger partial charge in [-0.25, -0.2) is 8.42 Å². The molecule has 3 aromatic rings. The van der Waals surface area contributed by atoms with Crippen LogP contribution in [0.25, 0.3) is 0 Å². The van der Waals surface area contributed by atoms with E-state index in [1.807, 2.05) is 30.3 Å². The van der Waals surface area contributed by atoms with Crippen LogP contribution >= 0.6 is 15.9 Å². The van der Waals surface area contributed by atoms with Crippen molar-refractivity contribution in [2.75, 3.05) is 10.8 Å². The number of halogens is 1. The smallest absolute Gasteiger partial charge is 0.264 e. The van der Waals surface area contributed by atoms with Crippen molar-refractivity contribution >= 4 is 43.5 Å². The number of rotatable bonds is 10. The van der Waals surface area contributed by atoms with E-state index in [0.717, 1.165) is 40.0 Å². The van der Waals surface area contributed by atoms with Crippen molar-refractivity contribution in [1.82, 2.24) is 10.2 Å². The van der Waals surface area contributed by atoms with Crippen LogP contribution in [0.15, 0.2) is 94.3 Å². The summed E-state index contributed by atoms with van der Waals surface area (Å²) in [6.45, 7) is 1.42. The summed E-state index contributed by atoms with van der Waals surface area (Å²) in [4.78, 5) is 28.6. The normalized spacial score (nSPS) is 14.6. The Labute approximate surface area is 233 Å². The maximum Gasteiger partial charge on any atom is 0.264 e. The van der Waals surface area contributed by atoms with Crippen LogP contribution in [0.1, 0.15) is 38.2 Å². The third kappa shape index (κ3) is 6.82. The van der Waals surface area contributed by atoms with Crippen LogP contribution in [0.4, 0.5) is 5.69 Å². The number of hydrogen-bond donors (Lipinski definition) is 1. The van der Waals surface area contributed by atoms with Gasteiger partial charge in [0.1, 0.15) is 12.6 Å². The van der Waals surface area contributed by atoms with Crippen LogP contribution in [0.3, 0.4) is 0 Å². The van der Waals surface area contributed by atoms with Crippen molar-refractivity contribution in [3.8, 4) is 0 Å². The highest BCUT2D eigenvalue weighted by Crippen LogP contribution is 2.26. The van der Waals surface area contributed by atoms with Crippen LogP contribution in [-0.2, 0) is 26.2 Å². The molecular formula is C29H32BrN3O4S. The zero-order valence-corrected chi connectivity index (χ0v) is 23.7. The molecule has 7 nitrogen and oxygen atoms in total. The number of sulfonamides is 1. The minimum absolute atomic E-state index is 0.0809. The van der Waals surface area contributed by atoms with Crippen molar-refractivity contribution in [2.24, 2.45) is 0 Å². The van der Waals surface area contributed by atoms with Gasteiger partial charge in [-0.15, -0.1) is 0 Å². The summed E-state index contributed by atoms with van der Waals surface area (Å²) < 4.78 is 29.4. The van der Waals surface area contributed by atoms with Gasteiger partial charge in [0.2, 0.25) is 11.8 Å². The first kappa shape index (κ1) is 27.9. The summed E-state index contributed by atoms with van der Waals surface area (Å²) in [6, 6.07) is 23.5. The molecule has 0 aromatic heterocycles. The summed E-state index contributed by atoms with van der Waals surface area (Å²) in [5.41, 5.74) is 1.20. The first-order valence-corrected chi connectivity index (χ1v) is 15.0. The average Bonchev–Trinajstić information content (AvgIpc) is 3.44. The lowest BCUT2D eigenvalue weighted by molar-refractivity contribution is -0.139. The predicted octanol–water partition coefficient (Wildman–Crippen LogP) is 5.12. The summed E-state index contributed by atoms with van der Waals surface area (Å²) in [5, 5.41) is 3.08. The minimum atomic E-state index is -4.06. The second-order valence-electron chi connectivity index (χ2n) is 9.47. The number of nitrogens with zero attached hydrogens (tertiary/aromatic N) is 2.